The largest absolute Gasteiger partial charge is 0.487 e. The number of aldehydes is 1. The number of rotatable bonds is 3. The van der Waals surface area contributed by atoms with Gasteiger partial charge in [0.2, 0.25) is 0 Å². The molecule has 1 fully saturated rings. The SMILES string of the molecule is CC1(C)OB(C=Cc2cccc(C=O)c2)OC1(C)C. The van der Waals surface area contributed by atoms with Crippen LogP contribution in [0.3, 0.4) is 0 Å². The highest BCUT2D eigenvalue weighted by Gasteiger charge is 2.49. The topological polar surface area (TPSA) is 35.5 Å². The zero-order valence-electron chi connectivity index (χ0n) is 11.8. The molecule has 1 aliphatic rings. The monoisotopic (exact) mass is 258 g/mol. The third kappa shape index (κ3) is 2.96. The van der Waals surface area contributed by atoms with Gasteiger partial charge in [-0.1, -0.05) is 30.3 Å². The second kappa shape index (κ2) is 4.95. The summed E-state index contributed by atoms with van der Waals surface area (Å²) in [4.78, 5) is 10.7. The standard InChI is InChI=1S/C15H19BO3/c1-14(2)15(3,4)19-16(18-14)9-8-12-6-5-7-13(10-12)11-17/h5-11H,1-4H3. The lowest BCUT2D eigenvalue weighted by Gasteiger charge is -2.32. The van der Waals surface area contributed by atoms with Crippen molar-refractivity contribution in [2.45, 2.75) is 38.9 Å². The Morgan fingerprint density at radius 2 is 1.63 bits per heavy atom. The van der Waals surface area contributed by atoms with E-state index in [1.165, 1.54) is 0 Å². The van der Waals surface area contributed by atoms with Gasteiger partial charge in [0.05, 0.1) is 11.2 Å². The molecule has 0 aliphatic carbocycles. The molecule has 4 heteroatoms. The van der Waals surface area contributed by atoms with Crippen molar-refractivity contribution in [3.05, 3.63) is 41.4 Å². The van der Waals surface area contributed by atoms with E-state index in [2.05, 4.69) is 0 Å². The van der Waals surface area contributed by atoms with Crippen LogP contribution in [0.2, 0.25) is 0 Å². The van der Waals surface area contributed by atoms with Gasteiger partial charge in [0, 0.05) is 5.56 Å². The summed E-state index contributed by atoms with van der Waals surface area (Å²) in [6.07, 6.45) is 2.75. The van der Waals surface area contributed by atoms with Crippen molar-refractivity contribution in [2.24, 2.45) is 0 Å². The van der Waals surface area contributed by atoms with Crippen LogP contribution in [0, 0.1) is 0 Å². The Balaban J connectivity index is 2.10. The molecule has 1 heterocycles. The van der Waals surface area contributed by atoms with Gasteiger partial charge in [-0.05, 0) is 39.3 Å². The number of hydrogen-bond donors (Lipinski definition) is 0. The average molecular weight is 258 g/mol. The minimum absolute atomic E-state index is 0.327. The van der Waals surface area contributed by atoms with Crippen molar-refractivity contribution < 1.29 is 14.1 Å². The number of hydrogen-bond acceptors (Lipinski definition) is 3. The minimum Gasteiger partial charge on any atom is -0.400 e. The first-order chi connectivity index (χ1) is 8.84. The van der Waals surface area contributed by atoms with E-state index < -0.39 is 0 Å². The Morgan fingerprint density at radius 3 is 2.21 bits per heavy atom. The molecule has 19 heavy (non-hydrogen) atoms. The summed E-state index contributed by atoms with van der Waals surface area (Å²) < 4.78 is 11.7. The second-order valence-corrected chi connectivity index (χ2v) is 5.77. The van der Waals surface area contributed by atoms with E-state index in [0.29, 0.717) is 5.56 Å². The molecule has 1 aromatic rings. The van der Waals surface area contributed by atoms with Gasteiger partial charge in [-0.15, -0.1) is 0 Å². The van der Waals surface area contributed by atoms with Crippen molar-refractivity contribution in [2.75, 3.05) is 0 Å². The molecule has 2 rings (SSSR count). The van der Waals surface area contributed by atoms with E-state index in [4.69, 9.17) is 9.31 Å². The Kier molecular flexibility index (Phi) is 3.65. The van der Waals surface area contributed by atoms with Crippen molar-refractivity contribution in [3.63, 3.8) is 0 Å². The maximum Gasteiger partial charge on any atom is 0.487 e. The summed E-state index contributed by atoms with van der Waals surface area (Å²) in [6, 6.07) is 7.40. The molecule has 0 N–H and O–H groups in total. The fourth-order valence-electron chi connectivity index (χ4n) is 1.89. The molecule has 100 valence electrons. The van der Waals surface area contributed by atoms with Crippen molar-refractivity contribution in [3.8, 4) is 0 Å². The molecular weight excluding hydrogens is 239 g/mol. The molecule has 0 unspecified atom stereocenters. The zero-order chi connectivity index (χ0) is 14.1. The molecule has 0 bridgehead atoms. The third-order valence-corrected chi connectivity index (χ3v) is 3.76. The van der Waals surface area contributed by atoms with Crippen molar-refractivity contribution >= 4 is 19.5 Å². The van der Waals surface area contributed by atoms with E-state index >= 15 is 0 Å². The summed E-state index contributed by atoms with van der Waals surface area (Å²) in [7, 11) is -0.357. The van der Waals surface area contributed by atoms with Gasteiger partial charge in [0.1, 0.15) is 6.29 Å². The van der Waals surface area contributed by atoms with Crippen LogP contribution in [0.25, 0.3) is 6.08 Å². The first kappa shape index (κ1) is 14.0. The van der Waals surface area contributed by atoms with E-state index in [1.54, 1.807) is 6.07 Å². The van der Waals surface area contributed by atoms with E-state index in [9.17, 15) is 4.79 Å². The predicted octanol–water partition coefficient (Wildman–Crippen LogP) is 3.14. The van der Waals surface area contributed by atoms with Crippen LogP contribution in [-0.2, 0) is 9.31 Å². The van der Waals surface area contributed by atoms with E-state index in [1.807, 2.05) is 57.9 Å². The van der Waals surface area contributed by atoms with Gasteiger partial charge in [-0.2, -0.15) is 0 Å². The maximum absolute atomic E-state index is 10.7. The normalized spacial score (nSPS) is 20.9. The predicted molar refractivity (Wildman–Crippen MR) is 76.9 cm³/mol. The molecule has 0 saturated carbocycles. The highest BCUT2D eigenvalue weighted by molar-refractivity contribution is 6.52. The molecule has 3 nitrogen and oxygen atoms in total. The Hall–Kier alpha value is -1.39. The molecule has 0 amide bonds. The first-order valence-corrected chi connectivity index (χ1v) is 6.43. The Labute approximate surface area is 114 Å². The zero-order valence-corrected chi connectivity index (χ0v) is 11.8. The highest BCUT2D eigenvalue weighted by atomic mass is 16.7. The molecule has 0 spiro atoms. The summed E-state index contributed by atoms with van der Waals surface area (Å²) in [5.41, 5.74) is 0.967. The lowest BCUT2D eigenvalue weighted by molar-refractivity contribution is 0.00578. The Bertz CT molecular complexity index is 490. The number of carbonyl (C=O) groups excluding carboxylic acids is 1. The van der Waals surface area contributed by atoms with Crippen LogP contribution in [0.4, 0.5) is 0 Å². The van der Waals surface area contributed by atoms with E-state index in [0.717, 1.165) is 11.8 Å². The molecule has 0 aromatic heterocycles. The van der Waals surface area contributed by atoms with Crippen LogP contribution in [-0.4, -0.2) is 24.6 Å². The number of carbonyl (C=O) groups is 1. The summed E-state index contributed by atoms with van der Waals surface area (Å²) in [6.45, 7) is 8.09. The van der Waals surface area contributed by atoms with Crippen LogP contribution < -0.4 is 0 Å². The minimum atomic E-state index is -0.357. The third-order valence-electron chi connectivity index (χ3n) is 3.76. The van der Waals surface area contributed by atoms with Gasteiger partial charge < -0.3 is 9.31 Å². The molecule has 1 saturated heterocycles. The van der Waals surface area contributed by atoms with Crippen molar-refractivity contribution in [1.29, 1.82) is 0 Å². The molecule has 1 aromatic carbocycles. The molecular formula is C15H19BO3. The van der Waals surface area contributed by atoms with Gasteiger partial charge >= 0.3 is 7.12 Å². The molecule has 0 atom stereocenters. The van der Waals surface area contributed by atoms with Gasteiger partial charge in [-0.3, -0.25) is 4.79 Å². The molecule has 0 radical (unpaired) electrons. The van der Waals surface area contributed by atoms with Crippen LogP contribution in [0.5, 0.6) is 0 Å². The average Bonchev–Trinajstić information content (AvgIpc) is 2.56. The maximum atomic E-state index is 10.7. The van der Waals surface area contributed by atoms with Crippen LogP contribution in [0.15, 0.2) is 30.2 Å². The fourth-order valence-corrected chi connectivity index (χ4v) is 1.89. The first-order valence-electron chi connectivity index (χ1n) is 6.43. The lowest BCUT2D eigenvalue weighted by Crippen LogP contribution is -2.41. The Morgan fingerprint density at radius 1 is 1.05 bits per heavy atom. The van der Waals surface area contributed by atoms with Crippen LogP contribution >= 0.6 is 0 Å². The van der Waals surface area contributed by atoms with Gasteiger partial charge in [0.15, 0.2) is 0 Å². The quantitative estimate of drug-likeness (QED) is 0.617. The lowest BCUT2D eigenvalue weighted by atomic mass is 9.89. The van der Waals surface area contributed by atoms with Gasteiger partial charge in [0.25, 0.3) is 0 Å². The summed E-state index contributed by atoms with van der Waals surface area (Å²) in [5.74, 6) is 1.88. The summed E-state index contributed by atoms with van der Waals surface area (Å²) >= 11 is 0. The second-order valence-electron chi connectivity index (χ2n) is 5.77. The van der Waals surface area contributed by atoms with Crippen molar-refractivity contribution in [1.82, 2.24) is 0 Å². The van der Waals surface area contributed by atoms with Gasteiger partial charge in [-0.25, -0.2) is 0 Å². The van der Waals surface area contributed by atoms with Crippen LogP contribution in [0.1, 0.15) is 43.6 Å². The summed E-state index contributed by atoms with van der Waals surface area (Å²) in [5, 5.41) is 0. The highest BCUT2D eigenvalue weighted by Crippen LogP contribution is 2.36. The fraction of sp³-hybridized carbons (Fsp3) is 0.400. The molecule has 1 aliphatic heterocycles. The number of benzene rings is 1. The van der Waals surface area contributed by atoms with E-state index in [-0.39, 0.29) is 18.3 Å². The smallest absolute Gasteiger partial charge is 0.400 e.